The molecule has 0 N–H and O–H groups in total. The van der Waals surface area contributed by atoms with E-state index in [2.05, 4.69) is 9.97 Å². The fourth-order valence-electron chi connectivity index (χ4n) is 5.02. The molecular formula is C26H23ClN4O3. The molecule has 0 saturated carbocycles. The van der Waals surface area contributed by atoms with Crippen LogP contribution in [0.2, 0.25) is 5.02 Å². The van der Waals surface area contributed by atoms with Crippen LogP contribution < -0.4 is 0 Å². The Bertz CT molecular complexity index is 1270. The lowest BCUT2D eigenvalue weighted by Gasteiger charge is -2.36. The number of nitrogens with zero attached hydrogens (tertiary/aromatic N) is 4. The summed E-state index contributed by atoms with van der Waals surface area (Å²) in [4.78, 5) is 34.3. The number of fused-ring (bicyclic) bond motifs is 2. The maximum absolute atomic E-state index is 12.8. The van der Waals surface area contributed by atoms with Crippen molar-refractivity contribution in [2.45, 2.75) is 25.2 Å². The Morgan fingerprint density at radius 1 is 1.09 bits per heavy atom. The predicted octanol–water partition coefficient (Wildman–Crippen LogP) is 5.14. The first kappa shape index (κ1) is 22.2. The molecule has 1 amide bonds. The molecule has 1 aliphatic heterocycles. The first-order valence-corrected chi connectivity index (χ1v) is 11.7. The Kier molecular flexibility index (Phi) is 6.11. The largest absolute Gasteiger partial charge is 0.342 e. The van der Waals surface area contributed by atoms with Gasteiger partial charge < -0.3 is 4.90 Å². The van der Waals surface area contributed by atoms with Crippen LogP contribution in [0.15, 0.2) is 55.0 Å². The summed E-state index contributed by atoms with van der Waals surface area (Å²) < 4.78 is 0. The fourth-order valence-corrected chi connectivity index (χ4v) is 5.20. The summed E-state index contributed by atoms with van der Waals surface area (Å²) in [6, 6.07) is 11.2. The van der Waals surface area contributed by atoms with E-state index in [1.54, 1.807) is 18.5 Å². The van der Waals surface area contributed by atoms with Gasteiger partial charge in [0.1, 0.15) is 6.20 Å². The van der Waals surface area contributed by atoms with Gasteiger partial charge in [-0.05, 0) is 59.7 Å². The molecule has 7 nitrogen and oxygen atoms in total. The van der Waals surface area contributed by atoms with Crippen LogP contribution >= 0.6 is 11.6 Å². The Labute approximate surface area is 202 Å². The zero-order chi connectivity index (χ0) is 23.7. The summed E-state index contributed by atoms with van der Waals surface area (Å²) in [6.07, 6.45) is 10.6. The number of rotatable bonds is 4. The van der Waals surface area contributed by atoms with E-state index in [0.29, 0.717) is 24.5 Å². The number of aromatic nitrogens is 2. The van der Waals surface area contributed by atoms with Gasteiger partial charge in [0, 0.05) is 48.1 Å². The smallest absolute Gasteiger partial charge is 0.288 e. The van der Waals surface area contributed by atoms with E-state index in [1.807, 2.05) is 47.4 Å². The number of halogens is 1. The zero-order valence-corrected chi connectivity index (χ0v) is 19.2. The van der Waals surface area contributed by atoms with Gasteiger partial charge in [0.05, 0.1) is 17.0 Å². The molecule has 1 fully saturated rings. The number of likely N-dealkylation sites (tertiary alicyclic amines) is 1. The molecule has 3 heterocycles. The van der Waals surface area contributed by atoms with E-state index in [-0.39, 0.29) is 23.4 Å². The molecule has 1 aromatic carbocycles. The van der Waals surface area contributed by atoms with Gasteiger partial charge in [-0.1, -0.05) is 29.8 Å². The molecule has 1 unspecified atom stereocenters. The maximum atomic E-state index is 12.8. The van der Waals surface area contributed by atoms with E-state index in [4.69, 9.17) is 11.6 Å². The average molecular weight is 475 g/mol. The van der Waals surface area contributed by atoms with Crippen LogP contribution in [-0.2, 0) is 11.2 Å². The Morgan fingerprint density at radius 2 is 1.82 bits per heavy atom. The van der Waals surface area contributed by atoms with E-state index < -0.39 is 4.92 Å². The molecule has 2 aliphatic rings. The molecule has 0 radical (unpaired) electrons. The van der Waals surface area contributed by atoms with E-state index in [0.717, 1.165) is 40.8 Å². The van der Waals surface area contributed by atoms with Crippen molar-refractivity contribution in [1.29, 1.82) is 0 Å². The van der Waals surface area contributed by atoms with Crippen LogP contribution in [0.3, 0.4) is 0 Å². The highest BCUT2D eigenvalue weighted by Gasteiger charge is 2.34. The molecule has 1 saturated heterocycles. The third kappa shape index (κ3) is 4.43. The number of carbonyl (C=O) groups is 1. The molecule has 172 valence electrons. The zero-order valence-electron chi connectivity index (χ0n) is 18.4. The van der Waals surface area contributed by atoms with Crippen molar-refractivity contribution in [1.82, 2.24) is 14.9 Å². The van der Waals surface area contributed by atoms with Crippen molar-refractivity contribution in [3.05, 3.63) is 98.1 Å². The number of nitro groups is 1. The van der Waals surface area contributed by atoms with Gasteiger partial charge in [-0.25, -0.2) is 0 Å². The predicted molar refractivity (Wildman–Crippen MR) is 130 cm³/mol. The number of hydrogen-bond acceptors (Lipinski definition) is 5. The number of benzene rings is 1. The molecule has 1 aliphatic carbocycles. The van der Waals surface area contributed by atoms with Crippen molar-refractivity contribution in [2.75, 3.05) is 13.1 Å². The van der Waals surface area contributed by atoms with Crippen LogP contribution in [0.1, 0.15) is 46.7 Å². The van der Waals surface area contributed by atoms with Crippen molar-refractivity contribution >= 4 is 35.3 Å². The molecule has 34 heavy (non-hydrogen) atoms. The van der Waals surface area contributed by atoms with Crippen molar-refractivity contribution in [2.24, 2.45) is 5.92 Å². The minimum atomic E-state index is -0.419. The van der Waals surface area contributed by atoms with Crippen molar-refractivity contribution < 1.29 is 9.72 Å². The van der Waals surface area contributed by atoms with Crippen LogP contribution in [0.5, 0.6) is 0 Å². The van der Waals surface area contributed by atoms with Gasteiger partial charge in [0.25, 0.3) is 5.69 Å². The summed E-state index contributed by atoms with van der Waals surface area (Å²) >= 11 is 6.28. The van der Waals surface area contributed by atoms with E-state index in [1.165, 1.54) is 6.20 Å². The van der Waals surface area contributed by atoms with Crippen LogP contribution in [0, 0.1) is 16.0 Å². The highest BCUT2D eigenvalue weighted by molar-refractivity contribution is 6.30. The standard InChI is InChI=1S/C26H23ClN4O3/c27-21-3-4-23-19(14-21)1-2-20-15-22(31(33)34)16-29-26(20)25(23)18-7-11-30(12-8-18)24(32)13-17-5-9-28-10-6-17/h1-6,9-10,14-16,18,25H,7-8,11-13H2. The lowest BCUT2D eigenvalue weighted by Crippen LogP contribution is -2.40. The van der Waals surface area contributed by atoms with E-state index >= 15 is 0 Å². The third-order valence-electron chi connectivity index (χ3n) is 6.74. The average Bonchev–Trinajstić information content (AvgIpc) is 3.01. The molecular weight excluding hydrogens is 452 g/mol. The van der Waals surface area contributed by atoms with Crippen molar-refractivity contribution in [3.8, 4) is 0 Å². The molecule has 8 heteroatoms. The summed E-state index contributed by atoms with van der Waals surface area (Å²) in [7, 11) is 0. The number of piperidine rings is 1. The first-order valence-electron chi connectivity index (χ1n) is 11.3. The highest BCUT2D eigenvalue weighted by atomic mass is 35.5. The molecule has 5 rings (SSSR count). The third-order valence-corrected chi connectivity index (χ3v) is 6.97. The fraction of sp³-hybridized carbons (Fsp3) is 0.269. The number of pyridine rings is 2. The Balaban J connectivity index is 1.41. The second-order valence-corrected chi connectivity index (χ2v) is 9.20. The van der Waals surface area contributed by atoms with Crippen LogP contribution in [0.25, 0.3) is 12.2 Å². The molecule has 2 aromatic heterocycles. The summed E-state index contributed by atoms with van der Waals surface area (Å²) in [5, 5.41) is 12.0. The molecule has 3 aromatic rings. The minimum absolute atomic E-state index is 0.0253. The van der Waals surface area contributed by atoms with E-state index in [9.17, 15) is 14.9 Å². The molecule has 0 bridgehead atoms. The lowest BCUT2D eigenvalue weighted by atomic mass is 9.76. The van der Waals surface area contributed by atoms with Crippen LogP contribution in [0.4, 0.5) is 5.69 Å². The quantitative estimate of drug-likeness (QED) is 0.386. The molecule has 0 spiro atoms. The minimum Gasteiger partial charge on any atom is -0.342 e. The second-order valence-electron chi connectivity index (χ2n) is 8.76. The van der Waals surface area contributed by atoms with Gasteiger partial charge in [0.2, 0.25) is 5.91 Å². The Hall–Kier alpha value is -3.58. The normalized spacial score (nSPS) is 17.6. The Morgan fingerprint density at radius 3 is 2.56 bits per heavy atom. The second kappa shape index (κ2) is 9.35. The van der Waals surface area contributed by atoms with Gasteiger partial charge in [-0.3, -0.25) is 24.9 Å². The summed E-state index contributed by atoms with van der Waals surface area (Å²) in [6.45, 7) is 1.34. The van der Waals surface area contributed by atoms with Crippen LogP contribution in [-0.4, -0.2) is 38.8 Å². The van der Waals surface area contributed by atoms with Crippen molar-refractivity contribution in [3.63, 3.8) is 0 Å². The lowest BCUT2D eigenvalue weighted by molar-refractivity contribution is -0.385. The SMILES string of the molecule is O=C(Cc1ccncc1)N1CCC(C2c3ccc(Cl)cc3C=Cc3cc([N+](=O)[O-])cnc32)CC1. The summed E-state index contributed by atoms with van der Waals surface area (Å²) in [5.74, 6) is 0.335. The number of hydrogen-bond donors (Lipinski definition) is 0. The first-order chi connectivity index (χ1) is 16.5. The van der Waals surface area contributed by atoms with Gasteiger partial charge in [0.15, 0.2) is 0 Å². The van der Waals surface area contributed by atoms with Gasteiger partial charge >= 0.3 is 0 Å². The monoisotopic (exact) mass is 474 g/mol. The van der Waals surface area contributed by atoms with Gasteiger partial charge in [-0.2, -0.15) is 0 Å². The van der Waals surface area contributed by atoms with Gasteiger partial charge in [-0.15, -0.1) is 0 Å². The number of carbonyl (C=O) groups excluding carboxylic acids is 1. The number of amides is 1. The highest BCUT2D eigenvalue weighted by Crippen LogP contribution is 2.43. The maximum Gasteiger partial charge on any atom is 0.288 e. The molecule has 1 atom stereocenters. The topological polar surface area (TPSA) is 89.2 Å². The summed E-state index contributed by atoms with van der Waals surface area (Å²) in [5.41, 5.74) is 4.63.